The molecule has 0 heterocycles. The SMILES string of the molecule is CC(C)(CCO)CNC(=O)Nc1ccccc1OC(C)(C)C. The number of para-hydroxylation sites is 2. The highest BCUT2D eigenvalue weighted by atomic mass is 16.5. The van der Waals surface area contributed by atoms with Crippen LogP contribution in [0.25, 0.3) is 0 Å². The van der Waals surface area contributed by atoms with Crippen molar-refractivity contribution in [3.05, 3.63) is 24.3 Å². The van der Waals surface area contributed by atoms with E-state index in [1.165, 1.54) is 0 Å². The second-order valence-corrected chi connectivity index (χ2v) is 7.16. The van der Waals surface area contributed by atoms with Gasteiger partial charge in [0.15, 0.2) is 0 Å². The molecule has 0 saturated carbocycles. The lowest BCUT2D eigenvalue weighted by Crippen LogP contribution is -2.37. The van der Waals surface area contributed by atoms with Gasteiger partial charge < -0.3 is 20.5 Å². The summed E-state index contributed by atoms with van der Waals surface area (Å²) in [7, 11) is 0. The van der Waals surface area contributed by atoms with Gasteiger partial charge in [-0.15, -0.1) is 0 Å². The Morgan fingerprint density at radius 3 is 2.41 bits per heavy atom. The summed E-state index contributed by atoms with van der Waals surface area (Å²) < 4.78 is 5.84. The van der Waals surface area contributed by atoms with E-state index in [2.05, 4.69) is 10.6 Å². The molecule has 0 fully saturated rings. The van der Waals surface area contributed by atoms with E-state index in [1.807, 2.05) is 52.8 Å². The molecule has 1 rings (SSSR count). The zero-order chi connectivity index (χ0) is 16.8. The molecule has 3 N–H and O–H groups in total. The van der Waals surface area contributed by atoms with Crippen LogP contribution in [-0.2, 0) is 0 Å². The third-order valence-corrected chi connectivity index (χ3v) is 3.07. The minimum absolute atomic E-state index is 0.110. The summed E-state index contributed by atoms with van der Waals surface area (Å²) in [5, 5.41) is 14.6. The van der Waals surface area contributed by atoms with Crippen molar-refractivity contribution in [3.63, 3.8) is 0 Å². The number of amides is 2. The van der Waals surface area contributed by atoms with Crippen LogP contribution in [0.3, 0.4) is 0 Å². The third kappa shape index (κ3) is 6.80. The van der Waals surface area contributed by atoms with E-state index in [1.54, 1.807) is 6.07 Å². The smallest absolute Gasteiger partial charge is 0.319 e. The Labute approximate surface area is 133 Å². The Kier molecular flexibility index (Phi) is 6.23. The first kappa shape index (κ1) is 18.3. The molecule has 0 unspecified atom stereocenters. The van der Waals surface area contributed by atoms with Crippen LogP contribution >= 0.6 is 0 Å². The molecular weight excluding hydrogens is 280 g/mol. The molecule has 0 spiro atoms. The van der Waals surface area contributed by atoms with E-state index in [0.29, 0.717) is 24.4 Å². The van der Waals surface area contributed by atoms with Crippen molar-refractivity contribution in [2.45, 2.75) is 46.6 Å². The van der Waals surface area contributed by atoms with Gasteiger partial charge in [-0.05, 0) is 44.7 Å². The van der Waals surface area contributed by atoms with Gasteiger partial charge in [0.2, 0.25) is 0 Å². The van der Waals surface area contributed by atoms with Gasteiger partial charge in [-0.1, -0.05) is 26.0 Å². The Balaban J connectivity index is 2.65. The standard InChI is InChI=1S/C17H28N2O3/c1-16(2,3)22-14-9-7-6-8-13(14)19-15(21)18-12-17(4,5)10-11-20/h6-9,20H,10-12H2,1-5H3,(H2,18,19,21). The largest absolute Gasteiger partial charge is 0.486 e. The second kappa shape index (κ2) is 7.49. The van der Waals surface area contributed by atoms with Crippen LogP contribution in [-0.4, -0.2) is 29.9 Å². The van der Waals surface area contributed by atoms with Crippen molar-refractivity contribution in [1.29, 1.82) is 0 Å². The monoisotopic (exact) mass is 308 g/mol. The van der Waals surface area contributed by atoms with E-state index in [4.69, 9.17) is 9.84 Å². The molecule has 5 nitrogen and oxygen atoms in total. The number of rotatable bonds is 6. The van der Waals surface area contributed by atoms with Crippen LogP contribution in [0.15, 0.2) is 24.3 Å². The molecule has 0 atom stereocenters. The molecule has 22 heavy (non-hydrogen) atoms. The summed E-state index contributed by atoms with van der Waals surface area (Å²) in [5.41, 5.74) is 0.153. The molecule has 0 aliphatic heterocycles. The van der Waals surface area contributed by atoms with E-state index in [0.717, 1.165) is 0 Å². The van der Waals surface area contributed by atoms with Gasteiger partial charge >= 0.3 is 6.03 Å². The zero-order valence-electron chi connectivity index (χ0n) is 14.2. The summed E-state index contributed by atoms with van der Waals surface area (Å²) in [6, 6.07) is 7.07. The lowest BCUT2D eigenvalue weighted by Gasteiger charge is -2.25. The van der Waals surface area contributed by atoms with Crippen LogP contribution in [0, 0.1) is 5.41 Å². The number of carbonyl (C=O) groups excluding carboxylic acids is 1. The fourth-order valence-electron chi connectivity index (χ4n) is 1.87. The van der Waals surface area contributed by atoms with Crippen LogP contribution < -0.4 is 15.4 Å². The highest BCUT2D eigenvalue weighted by Gasteiger charge is 2.19. The average Bonchev–Trinajstić information content (AvgIpc) is 2.37. The molecule has 5 heteroatoms. The molecule has 0 bridgehead atoms. The number of urea groups is 1. The van der Waals surface area contributed by atoms with Gasteiger partial charge in [0, 0.05) is 13.2 Å². The lowest BCUT2D eigenvalue weighted by molar-refractivity contribution is 0.132. The third-order valence-electron chi connectivity index (χ3n) is 3.07. The maximum Gasteiger partial charge on any atom is 0.319 e. The average molecular weight is 308 g/mol. The highest BCUT2D eigenvalue weighted by molar-refractivity contribution is 5.90. The van der Waals surface area contributed by atoms with Crippen molar-refractivity contribution in [1.82, 2.24) is 5.32 Å². The fraction of sp³-hybridized carbons (Fsp3) is 0.588. The first-order valence-corrected chi connectivity index (χ1v) is 7.57. The second-order valence-electron chi connectivity index (χ2n) is 7.16. The number of benzene rings is 1. The van der Waals surface area contributed by atoms with E-state index in [9.17, 15) is 4.79 Å². The minimum Gasteiger partial charge on any atom is -0.486 e. The number of carbonyl (C=O) groups is 1. The molecule has 0 saturated heterocycles. The van der Waals surface area contributed by atoms with Gasteiger partial charge in [-0.25, -0.2) is 4.79 Å². The molecule has 2 amide bonds. The summed E-state index contributed by atoms with van der Waals surface area (Å²) in [6.07, 6.45) is 0.636. The van der Waals surface area contributed by atoms with Gasteiger partial charge in [-0.3, -0.25) is 0 Å². The number of aliphatic hydroxyl groups excluding tert-OH is 1. The quantitative estimate of drug-likeness (QED) is 0.754. The topological polar surface area (TPSA) is 70.6 Å². The lowest BCUT2D eigenvalue weighted by atomic mass is 9.90. The summed E-state index contributed by atoms with van der Waals surface area (Å²) >= 11 is 0. The molecule has 1 aromatic carbocycles. The van der Waals surface area contributed by atoms with Crippen LogP contribution in [0.4, 0.5) is 10.5 Å². The Bertz CT molecular complexity index is 493. The normalized spacial score (nSPS) is 11.9. The maximum atomic E-state index is 12.0. The van der Waals surface area contributed by atoms with Crippen molar-refractivity contribution in [2.75, 3.05) is 18.5 Å². The van der Waals surface area contributed by atoms with Gasteiger partial charge in [0.25, 0.3) is 0 Å². The van der Waals surface area contributed by atoms with Crippen molar-refractivity contribution in [3.8, 4) is 5.75 Å². The van der Waals surface area contributed by atoms with Gasteiger partial charge in [0.1, 0.15) is 11.4 Å². The van der Waals surface area contributed by atoms with E-state index >= 15 is 0 Å². The molecule has 0 aliphatic rings. The molecule has 0 aromatic heterocycles. The van der Waals surface area contributed by atoms with Gasteiger partial charge in [0.05, 0.1) is 5.69 Å². The minimum atomic E-state index is -0.336. The van der Waals surface area contributed by atoms with Crippen molar-refractivity contribution in [2.24, 2.45) is 5.41 Å². The Hall–Kier alpha value is -1.75. The Morgan fingerprint density at radius 1 is 1.18 bits per heavy atom. The predicted molar refractivity (Wildman–Crippen MR) is 89.3 cm³/mol. The first-order valence-electron chi connectivity index (χ1n) is 7.57. The molecule has 0 aliphatic carbocycles. The predicted octanol–water partition coefficient (Wildman–Crippen LogP) is 3.39. The maximum absolute atomic E-state index is 12.0. The summed E-state index contributed by atoms with van der Waals surface area (Å²) in [5.74, 6) is 0.639. The highest BCUT2D eigenvalue weighted by Crippen LogP contribution is 2.27. The number of hydrogen-bond acceptors (Lipinski definition) is 3. The molecule has 124 valence electrons. The van der Waals surface area contributed by atoms with E-state index < -0.39 is 0 Å². The first-order chi connectivity index (χ1) is 10.1. The molecule has 1 aromatic rings. The van der Waals surface area contributed by atoms with Crippen LogP contribution in [0.1, 0.15) is 41.0 Å². The number of anilines is 1. The summed E-state index contributed by atoms with van der Waals surface area (Å²) in [6.45, 7) is 10.5. The van der Waals surface area contributed by atoms with E-state index in [-0.39, 0.29) is 23.7 Å². The Morgan fingerprint density at radius 2 is 1.82 bits per heavy atom. The number of nitrogens with one attached hydrogen (secondary N) is 2. The van der Waals surface area contributed by atoms with Crippen LogP contribution in [0.2, 0.25) is 0 Å². The number of ether oxygens (including phenoxy) is 1. The van der Waals surface area contributed by atoms with Crippen LogP contribution in [0.5, 0.6) is 5.75 Å². The fourth-order valence-corrected chi connectivity index (χ4v) is 1.87. The molecule has 0 radical (unpaired) electrons. The number of aliphatic hydroxyl groups is 1. The zero-order valence-corrected chi connectivity index (χ0v) is 14.2. The number of hydrogen-bond donors (Lipinski definition) is 3. The van der Waals surface area contributed by atoms with Crippen molar-refractivity contribution < 1.29 is 14.6 Å². The van der Waals surface area contributed by atoms with Gasteiger partial charge in [-0.2, -0.15) is 0 Å². The molecular formula is C17H28N2O3. The summed E-state index contributed by atoms with van der Waals surface area (Å²) in [4.78, 5) is 12.0. The van der Waals surface area contributed by atoms with Crippen molar-refractivity contribution >= 4 is 11.7 Å².